The quantitative estimate of drug-likeness (QED) is 0.359. The molecule has 5 heteroatoms. The van der Waals surface area contributed by atoms with E-state index >= 15 is 0 Å². The van der Waals surface area contributed by atoms with Crippen LogP contribution in [0.5, 0.6) is 0 Å². The fourth-order valence-electron chi connectivity index (χ4n) is 4.57. The van der Waals surface area contributed by atoms with Gasteiger partial charge in [0, 0.05) is 31.2 Å². The van der Waals surface area contributed by atoms with Crippen molar-refractivity contribution in [2.45, 2.75) is 111 Å². The van der Waals surface area contributed by atoms with Crippen molar-refractivity contribution >= 4 is 18.2 Å². The fraction of sp³-hybridized carbons (Fsp3) is 0.667. The van der Waals surface area contributed by atoms with Gasteiger partial charge in [-0.15, -0.1) is 22.6 Å². The molecule has 0 spiro atoms. The molecule has 3 rings (SSSR count). The first-order chi connectivity index (χ1) is 14.7. The van der Waals surface area contributed by atoms with Gasteiger partial charge in [-0.1, -0.05) is 57.9 Å². The number of hydrogen-bond donors (Lipinski definition) is 0. The summed E-state index contributed by atoms with van der Waals surface area (Å²) in [6, 6.07) is 6.92. The van der Waals surface area contributed by atoms with E-state index in [2.05, 4.69) is 74.5 Å². The third-order valence-corrected chi connectivity index (χ3v) is 6.39. The smallest absolute Gasteiger partial charge is 0.138 e. The van der Waals surface area contributed by atoms with E-state index in [0.29, 0.717) is 30.1 Å². The van der Waals surface area contributed by atoms with Gasteiger partial charge >= 0.3 is 0 Å². The minimum atomic E-state index is 0. The summed E-state index contributed by atoms with van der Waals surface area (Å²) in [5.74, 6) is 2.67. The first-order valence-electron chi connectivity index (χ1n) is 12.2. The molecule has 1 atom stereocenters. The zero-order chi connectivity index (χ0) is 22.6. The molecule has 1 fully saturated rings. The number of halogens is 1. The first-order valence-corrected chi connectivity index (χ1v) is 12.2. The number of hydrogen-bond acceptors (Lipinski definition) is 3. The number of nitrogens with zero attached hydrogens (tertiary/aromatic N) is 3. The van der Waals surface area contributed by atoms with E-state index in [1.54, 1.807) is 0 Å². The SMILES string of the molecule is CCC[C@@H](CC(=O)Cc1ccc(C)cc1C)c1nnc(CCCC(C)(C)C)n1C1CC1.Cl. The van der Waals surface area contributed by atoms with Gasteiger partial charge < -0.3 is 4.57 Å². The van der Waals surface area contributed by atoms with E-state index in [1.807, 2.05) is 0 Å². The molecule has 0 bridgehead atoms. The summed E-state index contributed by atoms with van der Waals surface area (Å²) in [6.45, 7) is 13.3. The highest BCUT2D eigenvalue weighted by atomic mass is 35.5. The van der Waals surface area contributed by atoms with E-state index < -0.39 is 0 Å². The van der Waals surface area contributed by atoms with E-state index in [1.165, 1.54) is 30.4 Å². The molecule has 178 valence electrons. The molecule has 0 radical (unpaired) electrons. The lowest BCUT2D eigenvalue weighted by Gasteiger charge is -2.19. The third-order valence-electron chi connectivity index (χ3n) is 6.39. The van der Waals surface area contributed by atoms with Gasteiger partial charge in [0.25, 0.3) is 0 Å². The lowest BCUT2D eigenvalue weighted by molar-refractivity contribution is -0.118. The van der Waals surface area contributed by atoms with Crippen molar-refractivity contribution in [3.05, 3.63) is 46.5 Å². The Hall–Kier alpha value is -1.68. The Morgan fingerprint density at radius 1 is 1.19 bits per heavy atom. The second-order valence-corrected chi connectivity index (χ2v) is 10.8. The topological polar surface area (TPSA) is 47.8 Å². The van der Waals surface area contributed by atoms with Crippen LogP contribution in [0.15, 0.2) is 18.2 Å². The molecule has 1 aliphatic carbocycles. The Morgan fingerprint density at radius 3 is 2.50 bits per heavy atom. The average Bonchev–Trinajstić information content (AvgIpc) is 3.42. The summed E-state index contributed by atoms with van der Waals surface area (Å²) in [5.41, 5.74) is 3.95. The van der Waals surface area contributed by atoms with Crippen molar-refractivity contribution < 1.29 is 4.79 Å². The van der Waals surface area contributed by atoms with Crippen LogP contribution in [0.4, 0.5) is 0 Å². The molecule has 1 heterocycles. The number of aromatic nitrogens is 3. The van der Waals surface area contributed by atoms with Gasteiger partial charge in [-0.05, 0) is 62.5 Å². The van der Waals surface area contributed by atoms with Crippen molar-refractivity contribution in [3.8, 4) is 0 Å². The summed E-state index contributed by atoms with van der Waals surface area (Å²) < 4.78 is 2.41. The zero-order valence-electron chi connectivity index (χ0n) is 20.9. The largest absolute Gasteiger partial charge is 0.312 e. The Labute approximate surface area is 201 Å². The van der Waals surface area contributed by atoms with E-state index in [0.717, 1.165) is 42.9 Å². The second kappa shape index (κ2) is 11.4. The maximum atomic E-state index is 13.0. The van der Waals surface area contributed by atoms with Crippen LogP contribution in [0, 0.1) is 19.3 Å². The summed E-state index contributed by atoms with van der Waals surface area (Å²) in [5, 5.41) is 9.28. The number of carbonyl (C=O) groups is 1. The van der Waals surface area contributed by atoms with Crippen LogP contribution in [0.25, 0.3) is 0 Å². The monoisotopic (exact) mass is 459 g/mol. The lowest BCUT2D eigenvalue weighted by atomic mass is 9.90. The molecule has 1 aliphatic rings. The predicted octanol–water partition coefficient (Wildman–Crippen LogP) is 7.11. The van der Waals surface area contributed by atoms with Gasteiger partial charge in [-0.2, -0.15) is 0 Å². The van der Waals surface area contributed by atoms with Crippen LogP contribution in [0.3, 0.4) is 0 Å². The van der Waals surface area contributed by atoms with Crippen molar-refractivity contribution in [1.82, 2.24) is 14.8 Å². The van der Waals surface area contributed by atoms with Gasteiger partial charge in [-0.25, -0.2) is 0 Å². The Morgan fingerprint density at radius 2 is 1.91 bits per heavy atom. The molecule has 0 N–H and O–H groups in total. The normalized spacial score (nSPS) is 14.8. The summed E-state index contributed by atoms with van der Waals surface area (Å²) >= 11 is 0. The summed E-state index contributed by atoms with van der Waals surface area (Å²) in [7, 11) is 0. The molecular weight excluding hydrogens is 418 g/mol. The van der Waals surface area contributed by atoms with Crippen molar-refractivity contribution in [2.24, 2.45) is 5.41 Å². The van der Waals surface area contributed by atoms with Crippen molar-refractivity contribution in [2.75, 3.05) is 0 Å². The van der Waals surface area contributed by atoms with Crippen molar-refractivity contribution in [3.63, 3.8) is 0 Å². The molecule has 0 unspecified atom stereocenters. The summed E-state index contributed by atoms with van der Waals surface area (Å²) in [6.07, 6.45) is 8.86. The predicted molar refractivity (Wildman–Crippen MR) is 135 cm³/mol. The third kappa shape index (κ3) is 7.43. The van der Waals surface area contributed by atoms with Crippen molar-refractivity contribution in [1.29, 1.82) is 0 Å². The van der Waals surface area contributed by atoms with Gasteiger partial charge in [0.1, 0.15) is 17.4 Å². The highest BCUT2D eigenvalue weighted by molar-refractivity contribution is 5.85. The number of aryl methyl sites for hydroxylation is 3. The van der Waals surface area contributed by atoms with Crippen LogP contribution in [0.1, 0.15) is 113 Å². The maximum Gasteiger partial charge on any atom is 0.138 e. The number of ketones is 1. The van der Waals surface area contributed by atoms with Crippen LogP contribution in [-0.4, -0.2) is 20.5 Å². The second-order valence-electron chi connectivity index (χ2n) is 10.8. The van der Waals surface area contributed by atoms with Crippen LogP contribution in [-0.2, 0) is 17.6 Å². The van der Waals surface area contributed by atoms with Crippen LogP contribution in [0.2, 0.25) is 0 Å². The molecule has 0 saturated heterocycles. The Kier molecular flexibility index (Phi) is 9.51. The number of carbonyl (C=O) groups excluding carboxylic acids is 1. The minimum Gasteiger partial charge on any atom is -0.312 e. The van der Waals surface area contributed by atoms with Gasteiger partial charge in [0.2, 0.25) is 0 Å². The minimum absolute atomic E-state index is 0. The molecule has 32 heavy (non-hydrogen) atoms. The molecule has 0 amide bonds. The first kappa shape index (κ1) is 26.6. The highest BCUT2D eigenvalue weighted by Crippen LogP contribution is 2.40. The van der Waals surface area contributed by atoms with E-state index in [9.17, 15) is 4.79 Å². The number of Topliss-reactive ketones (excluding diaryl/α,β-unsaturated/α-hetero) is 1. The average molecular weight is 460 g/mol. The lowest BCUT2D eigenvalue weighted by Crippen LogP contribution is -2.16. The Balaban J connectivity index is 0.00000363. The maximum absolute atomic E-state index is 13.0. The molecule has 4 nitrogen and oxygen atoms in total. The number of rotatable bonds is 11. The zero-order valence-corrected chi connectivity index (χ0v) is 21.7. The van der Waals surface area contributed by atoms with E-state index in [-0.39, 0.29) is 18.3 Å². The highest BCUT2D eigenvalue weighted by Gasteiger charge is 2.32. The molecule has 2 aromatic rings. The molecule has 1 aromatic heterocycles. The van der Waals surface area contributed by atoms with Gasteiger partial charge in [0.05, 0.1) is 0 Å². The molecular formula is C27H42ClN3O. The molecule has 1 aromatic carbocycles. The molecule has 0 aliphatic heterocycles. The van der Waals surface area contributed by atoms with Gasteiger partial charge in [-0.3, -0.25) is 4.79 Å². The Bertz CT molecular complexity index is 893. The van der Waals surface area contributed by atoms with Crippen LogP contribution >= 0.6 is 12.4 Å². The number of benzene rings is 1. The standard InChI is InChI=1S/C27H41N3O.ClH/c1-7-9-22(18-24(31)17-21-12-11-19(2)16-20(21)3)26-29-28-25(30(26)23-13-14-23)10-8-15-27(4,5)6;/h11-12,16,22-23H,7-10,13-15,17-18H2,1-6H3;1H/t22-;/m0./s1. The van der Waals surface area contributed by atoms with Gasteiger partial charge in [0.15, 0.2) is 0 Å². The van der Waals surface area contributed by atoms with Crippen LogP contribution < -0.4 is 0 Å². The van der Waals surface area contributed by atoms with E-state index in [4.69, 9.17) is 0 Å². The fourth-order valence-corrected chi connectivity index (χ4v) is 4.57. The molecule has 1 saturated carbocycles. The summed E-state index contributed by atoms with van der Waals surface area (Å²) in [4.78, 5) is 13.0.